The molecule has 5 nitrogen and oxygen atoms in total. The van der Waals surface area contributed by atoms with Crippen LogP contribution in [0.4, 0.5) is 5.69 Å². The zero-order chi connectivity index (χ0) is 12.6. The summed E-state index contributed by atoms with van der Waals surface area (Å²) in [6, 6.07) is 4.92. The Morgan fingerprint density at radius 1 is 1.41 bits per heavy atom. The molecular formula is C12H13NO4. The van der Waals surface area contributed by atoms with Gasteiger partial charge in [0.15, 0.2) is 6.10 Å². The average molecular weight is 235 g/mol. The molecule has 1 aromatic rings. The first-order chi connectivity index (χ1) is 8.00. The van der Waals surface area contributed by atoms with Gasteiger partial charge in [-0.05, 0) is 23.6 Å². The number of fused-ring (bicyclic) bond motifs is 1. The number of carbonyl (C=O) groups excluding carboxylic acids is 1. The van der Waals surface area contributed by atoms with Crippen LogP contribution < -0.4 is 4.90 Å². The molecule has 0 bridgehead atoms. The molecule has 0 saturated carbocycles. The molecule has 0 aliphatic carbocycles. The normalized spacial score (nSPS) is 15.5. The zero-order valence-electron chi connectivity index (χ0n) is 9.38. The highest BCUT2D eigenvalue weighted by atomic mass is 16.4. The molecule has 1 heterocycles. The first kappa shape index (κ1) is 11.6. The van der Waals surface area contributed by atoms with Gasteiger partial charge in [0.1, 0.15) is 0 Å². The van der Waals surface area contributed by atoms with Crippen LogP contribution in [0, 0.1) is 0 Å². The second kappa shape index (κ2) is 4.18. The van der Waals surface area contributed by atoms with Gasteiger partial charge < -0.3 is 15.1 Å². The summed E-state index contributed by atoms with van der Waals surface area (Å²) in [5.41, 5.74) is 2.00. The summed E-state index contributed by atoms with van der Waals surface area (Å²) in [7, 11) is 0. The predicted molar refractivity (Wildman–Crippen MR) is 60.8 cm³/mol. The Balaban J connectivity index is 2.39. The van der Waals surface area contributed by atoms with Crippen LogP contribution in [0.15, 0.2) is 18.2 Å². The monoisotopic (exact) mass is 235 g/mol. The van der Waals surface area contributed by atoms with Crippen molar-refractivity contribution in [1.29, 1.82) is 0 Å². The van der Waals surface area contributed by atoms with Gasteiger partial charge >= 0.3 is 5.97 Å². The number of nitrogens with zero attached hydrogens (tertiary/aromatic N) is 1. The van der Waals surface area contributed by atoms with Crippen molar-refractivity contribution in [2.24, 2.45) is 0 Å². The second-order valence-electron chi connectivity index (χ2n) is 4.05. The van der Waals surface area contributed by atoms with Crippen molar-refractivity contribution in [2.75, 3.05) is 11.4 Å². The highest BCUT2D eigenvalue weighted by Gasteiger charge is 2.24. The predicted octanol–water partition coefficient (Wildman–Crippen LogP) is 0.714. The van der Waals surface area contributed by atoms with Crippen LogP contribution in [0.3, 0.4) is 0 Å². The van der Waals surface area contributed by atoms with Gasteiger partial charge in [-0.3, -0.25) is 4.79 Å². The van der Waals surface area contributed by atoms with E-state index in [1.54, 1.807) is 23.1 Å². The molecule has 1 atom stereocenters. The van der Waals surface area contributed by atoms with E-state index in [9.17, 15) is 14.7 Å². The number of benzene rings is 1. The number of aliphatic hydroxyl groups excluding tert-OH is 1. The maximum absolute atomic E-state index is 11.4. The van der Waals surface area contributed by atoms with E-state index in [1.807, 2.05) is 0 Å². The molecule has 90 valence electrons. The Bertz CT molecular complexity index is 483. The summed E-state index contributed by atoms with van der Waals surface area (Å²) in [6.07, 6.45) is -0.784. The number of aliphatic carboxylic acids is 1. The smallest absolute Gasteiger partial charge is 0.337 e. The van der Waals surface area contributed by atoms with Crippen molar-refractivity contribution in [1.82, 2.24) is 0 Å². The number of anilines is 1. The number of hydrogen-bond donors (Lipinski definition) is 2. The van der Waals surface area contributed by atoms with E-state index in [4.69, 9.17) is 5.11 Å². The molecule has 1 aliphatic heterocycles. The van der Waals surface area contributed by atoms with Gasteiger partial charge in [0, 0.05) is 19.2 Å². The largest absolute Gasteiger partial charge is 0.479 e. The molecule has 5 heteroatoms. The topological polar surface area (TPSA) is 77.8 Å². The van der Waals surface area contributed by atoms with Gasteiger partial charge in [0.2, 0.25) is 5.91 Å². The zero-order valence-corrected chi connectivity index (χ0v) is 9.38. The maximum atomic E-state index is 11.4. The Labute approximate surface area is 98.3 Å². The SMILES string of the molecule is CC(=O)N1CCc2ccc(C(O)C(=O)O)cc21. The van der Waals surface area contributed by atoms with Gasteiger partial charge in [-0.25, -0.2) is 4.79 Å². The van der Waals surface area contributed by atoms with Crippen LogP contribution in [0.2, 0.25) is 0 Å². The fraction of sp³-hybridized carbons (Fsp3) is 0.333. The minimum Gasteiger partial charge on any atom is -0.479 e. The second-order valence-corrected chi connectivity index (χ2v) is 4.05. The average Bonchev–Trinajstić information content (AvgIpc) is 2.70. The molecule has 2 rings (SSSR count). The van der Waals surface area contributed by atoms with Gasteiger partial charge in [0.05, 0.1) is 0 Å². The van der Waals surface area contributed by atoms with Crippen LogP contribution in [-0.2, 0) is 16.0 Å². The summed E-state index contributed by atoms with van der Waals surface area (Å²) in [5, 5.41) is 18.2. The maximum Gasteiger partial charge on any atom is 0.337 e. The van der Waals surface area contributed by atoms with Gasteiger partial charge in [0.25, 0.3) is 0 Å². The number of hydrogen-bond acceptors (Lipinski definition) is 3. The third-order valence-electron chi connectivity index (χ3n) is 2.93. The standard InChI is InChI=1S/C12H13NO4/c1-7(14)13-5-4-8-2-3-9(6-10(8)13)11(15)12(16)17/h2-3,6,11,15H,4-5H2,1H3,(H,16,17). The van der Waals surface area contributed by atoms with E-state index >= 15 is 0 Å². The van der Waals surface area contributed by atoms with Crippen molar-refractivity contribution in [2.45, 2.75) is 19.4 Å². The quantitative estimate of drug-likeness (QED) is 0.791. The molecule has 17 heavy (non-hydrogen) atoms. The number of carboxylic acids is 1. The van der Waals surface area contributed by atoms with Gasteiger partial charge in [-0.2, -0.15) is 0 Å². The Hall–Kier alpha value is -1.88. The molecule has 1 aliphatic rings. The Morgan fingerprint density at radius 2 is 2.12 bits per heavy atom. The lowest BCUT2D eigenvalue weighted by atomic mass is 10.0. The molecular weight excluding hydrogens is 222 g/mol. The molecule has 0 saturated heterocycles. The lowest BCUT2D eigenvalue weighted by molar-refractivity contribution is -0.146. The molecule has 0 radical (unpaired) electrons. The molecule has 2 N–H and O–H groups in total. The van der Waals surface area contributed by atoms with Crippen LogP contribution in [0.1, 0.15) is 24.2 Å². The van der Waals surface area contributed by atoms with Crippen molar-refractivity contribution >= 4 is 17.6 Å². The van der Waals surface area contributed by atoms with Gasteiger partial charge in [-0.15, -0.1) is 0 Å². The molecule has 0 fully saturated rings. The van der Waals surface area contributed by atoms with Crippen molar-refractivity contribution in [3.05, 3.63) is 29.3 Å². The number of carboxylic acid groups (broad SMARTS) is 1. The van der Waals surface area contributed by atoms with Crippen molar-refractivity contribution in [3.8, 4) is 0 Å². The lowest BCUT2D eigenvalue weighted by Gasteiger charge is -2.16. The molecule has 1 aromatic carbocycles. The van der Waals surface area contributed by atoms with Crippen LogP contribution in [0.25, 0.3) is 0 Å². The van der Waals surface area contributed by atoms with Crippen molar-refractivity contribution in [3.63, 3.8) is 0 Å². The summed E-state index contributed by atoms with van der Waals surface area (Å²) in [5.74, 6) is -1.37. The molecule has 1 amide bonds. The summed E-state index contributed by atoms with van der Waals surface area (Å²) >= 11 is 0. The van der Waals surface area contributed by atoms with E-state index in [0.29, 0.717) is 17.8 Å². The number of amides is 1. The minimum atomic E-state index is -1.55. The van der Waals surface area contributed by atoms with Crippen LogP contribution in [-0.4, -0.2) is 28.6 Å². The van der Waals surface area contributed by atoms with E-state index < -0.39 is 12.1 Å². The molecule has 0 aromatic heterocycles. The van der Waals surface area contributed by atoms with Crippen molar-refractivity contribution < 1.29 is 19.8 Å². The first-order valence-electron chi connectivity index (χ1n) is 5.32. The fourth-order valence-corrected chi connectivity index (χ4v) is 2.04. The fourth-order valence-electron chi connectivity index (χ4n) is 2.04. The van der Waals surface area contributed by atoms with E-state index in [0.717, 1.165) is 12.0 Å². The highest BCUT2D eigenvalue weighted by Crippen LogP contribution is 2.31. The Kier molecular flexibility index (Phi) is 2.85. The van der Waals surface area contributed by atoms with Crippen LogP contribution in [0.5, 0.6) is 0 Å². The van der Waals surface area contributed by atoms with Gasteiger partial charge in [-0.1, -0.05) is 12.1 Å². The highest BCUT2D eigenvalue weighted by molar-refractivity contribution is 5.94. The molecule has 0 spiro atoms. The van der Waals surface area contributed by atoms with Crippen LogP contribution >= 0.6 is 0 Å². The number of carbonyl (C=O) groups is 2. The third kappa shape index (κ3) is 2.01. The lowest BCUT2D eigenvalue weighted by Crippen LogP contribution is -2.26. The summed E-state index contributed by atoms with van der Waals surface area (Å²) < 4.78 is 0. The Morgan fingerprint density at radius 3 is 2.71 bits per heavy atom. The number of aliphatic hydroxyl groups is 1. The minimum absolute atomic E-state index is 0.0780. The third-order valence-corrected chi connectivity index (χ3v) is 2.93. The first-order valence-corrected chi connectivity index (χ1v) is 5.32. The summed E-state index contributed by atoms with van der Waals surface area (Å²) in [4.78, 5) is 23.6. The van der Waals surface area contributed by atoms with E-state index in [-0.39, 0.29) is 5.91 Å². The van der Waals surface area contributed by atoms with E-state index in [1.165, 1.54) is 6.92 Å². The van der Waals surface area contributed by atoms with E-state index in [2.05, 4.69) is 0 Å². The number of rotatable bonds is 2. The molecule has 1 unspecified atom stereocenters. The summed E-state index contributed by atoms with van der Waals surface area (Å²) in [6.45, 7) is 2.08.